The number of nitrogens with zero attached hydrogens (tertiary/aromatic N) is 1. The molecule has 0 radical (unpaired) electrons. The average molecular weight is 235 g/mol. The second-order valence-corrected chi connectivity index (χ2v) is 4.28. The van der Waals surface area contributed by atoms with Crippen molar-refractivity contribution in [3.63, 3.8) is 0 Å². The van der Waals surface area contributed by atoms with Crippen molar-refractivity contribution in [1.82, 2.24) is 0 Å². The van der Waals surface area contributed by atoms with Gasteiger partial charge < -0.3 is 5.48 Å². The van der Waals surface area contributed by atoms with Gasteiger partial charge in [-0.3, -0.25) is 9.39 Å². The minimum absolute atomic E-state index is 0. The molecule has 0 atom stereocenters. The fourth-order valence-corrected chi connectivity index (χ4v) is 1.36. The Morgan fingerprint density at radius 2 is 1.80 bits per heavy atom. The van der Waals surface area contributed by atoms with Gasteiger partial charge in [-0.1, -0.05) is 6.07 Å². The highest BCUT2D eigenvalue weighted by Crippen LogP contribution is 1.86. The van der Waals surface area contributed by atoms with Gasteiger partial charge in [-0.25, -0.2) is 0 Å². The molecule has 15 heavy (non-hydrogen) atoms. The molecule has 0 saturated heterocycles. The molecule has 0 unspecified atom stereocenters. The van der Waals surface area contributed by atoms with Crippen LogP contribution >= 0.6 is 0 Å². The molecule has 1 rings (SSSR count). The quantitative estimate of drug-likeness (QED) is 0.421. The zero-order chi connectivity index (χ0) is 10.4. The maximum atomic E-state index is 10.3. The third-order valence-electron chi connectivity index (χ3n) is 1.48. The van der Waals surface area contributed by atoms with E-state index in [2.05, 4.69) is 0 Å². The van der Waals surface area contributed by atoms with Crippen LogP contribution in [0.4, 0.5) is 0 Å². The Hall–Kier alpha value is -1.18. The van der Waals surface area contributed by atoms with Crippen molar-refractivity contribution < 1.29 is 28.0 Å². The standard InChI is InChI=1S/C8H11NO4S.H2O/c10-14(11,12)8-4-7-13-9-5-2-1-3-6-9;/h1-3,5-6H,4,7-8H2;1H2. The topological polar surface area (TPSA) is 97.5 Å². The average Bonchev–Trinajstić information content (AvgIpc) is 2.13. The molecular formula is C8H13NO5S. The SMILES string of the molecule is O=S(=O)(O)CCCO[n+]1ccccc1.[OH-]. The molecule has 86 valence electrons. The van der Waals surface area contributed by atoms with E-state index in [0.29, 0.717) is 0 Å². The first-order valence-corrected chi connectivity index (χ1v) is 5.73. The summed E-state index contributed by atoms with van der Waals surface area (Å²) in [5, 5.41) is 0. The molecule has 0 amide bonds. The van der Waals surface area contributed by atoms with Gasteiger partial charge in [0.2, 0.25) is 12.4 Å². The van der Waals surface area contributed by atoms with E-state index in [4.69, 9.17) is 9.39 Å². The van der Waals surface area contributed by atoms with Crippen LogP contribution in [0.2, 0.25) is 0 Å². The molecule has 0 aliphatic carbocycles. The van der Waals surface area contributed by atoms with Crippen LogP contribution in [0, 0.1) is 0 Å². The summed E-state index contributed by atoms with van der Waals surface area (Å²) in [6, 6.07) is 5.43. The van der Waals surface area contributed by atoms with Gasteiger partial charge in [0.15, 0.2) is 6.61 Å². The maximum Gasteiger partial charge on any atom is 0.264 e. The third kappa shape index (κ3) is 6.83. The van der Waals surface area contributed by atoms with E-state index in [-0.39, 0.29) is 24.3 Å². The molecule has 0 aliphatic heterocycles. The Labute approximate surface area is 88.1 Å². The van der Waals surface area contributed by atoms with Crippen molar-refractivity contribution in [3.8, 4) is 0 Å². The van der Waals surface area contributed by atoms with Crippen molar-refractivity contribution in [2.24, 2.45) is 0 Å². The smallest absolute Gasteiger partial charge is 0.264 e. The van der Waals surface area contributed by atoms with Gasteiger partial charge in [-0.15, -0.1) is 0 Å². The van der Waals surface area contributed by atoms with Crippen LogP contribution in [0.1, 0.15) is 6.42 Å². The van der Waals surface area contributed by atoms with E-state index in [9.17, 15) is 8.42 Å². The lowest BCUT2D eigenvalue weighted by molar-refractivity contribution is -0.891. The summed E-state index contributed by atoms with van der Waals surface area (Å²) in [5.74, 6) is -0.277. The highest BCUT2D eigenvalue weighted by Gasteiger charge is 2.05. The van der Waals surface area contributed by atoms with Crippen LogP contribution in [0.3, 0.4) is 0 Å². The van der Waals surface area contributed by atoms with Crippen LogP contribution in [-0.4, -0.2) is 30.8 Å². The van der Waals surface area contributed by atoms with E-state index in [1.54, 1.807) is 24.5 Å². The fraction of sp³-hybridized carbons (Fsp3) is 0.375. The Balaban J connectivity index is 0.00000196. The number of pyridine rings is 1. The van der Waals surface area contributed by atoms with Crippen molar-refractivity contribution in [2.75, 3.05) is 12.4 Å². The largest absolute Gasteiger partial charge is 0.870 e. The zero-order valence-electron chi connectivity index (χ0n) is 7.98. The molecule has 2 N–H and O–H groups in total. The lowest BCUT2D eigenvalue weighted by Gasteiger charge is -1.96. The van der Waals surface area contributed by atoms with Crippen molar-refractivity contribution >= 4 is 10.1 Å². The zero-order valence-corrected chi connectivity index (χ0v) is 8.80. The molecule has 0 bridgehead atoms. The Morgan fingerprint density at radius 3 is 2.33 bits per heavy atom. The van der Waals surface area contributed by atoms with Crippen molar-refractivity contribution in [1.29, 1.82) is 0 Å². The highest BCUT2D eigenvalue weighted by molar-refractivity contribution is 7.85. The van der Waals surface area contributed by atoms with Crippen LogP contribution < -0.4 is 9.57 Å². The number of hydrogen-bond acceptors (Lipinski definition) is 4. The van der Waals surface area contributed by atoms with Gasteiger partial charge in [-0.2, -0.15) is 8.42 Å². The minimum atomic E-state index is -3.87. The van der Waals surface area contributed by atoms with E-state index in [1.807, 2.05) is 6.07 Å². The summed E-state index contributed by atoms with van der Waals surface area (Å²) in [6.07, 6.45) is 3.67. The molecule has 0 fully saturated rings. The lowest BCUT2D eigenvalue weighted by Crippen LogP contribution is -2.42. The Morgan fingerprint density at radius 1 is 1.20 bits per heavy atom. The first-order valence-electron chi connectivity index (χ1n) is 4.13. The summed E-state index contributed by atoms with van der Waals surface area (Å²) >= 11 is 0. The number of hydrogen-bond donors (Lipinski definition) is 1. The molecular weight excluding hydrogens is 222 g/mol. The van der Waals surface area contributed by atoms with Crippen LogP contribution in [0.25, 0.3) is 0 Å². The van der Waals surface area contributed by atoms with Crippen LogP contribution in [0.15, 0.2) is 30.6 Å². The molecule has 0 aromatic carbocycles. The summed E-state index contributed by atoms with van der Waals surface area (Å²) < 4.78 is 30.6. The van der Waals surface area contributed by atoms with Gasteiger partial charge in [0.25, 0.3) is 10.1 Å². The summed E-state index contributed by atoms with van der Waals surface area (Å²) in [4.78, 5) is 5.14. The monoisotopic (exact) mass is 235 g/mol. The normalized spacial score (nSPS) is 10.5. The van der Waals surface area contributed by atoms with Gasteiger partial charge in [-0.05, 0) is 0 Å². The van der Waals surface area contributed by atoms with Crippen molar-refractivity contribution in [3.05, 3.63) is 30.6 Å². The predicted molar refractivity (Wildman–Crippen MR) is 51.1 cm³/mol. The van der Waals surface area contributed by atoms with Crippen LogP contribution in [-0.2, 0) is 10.1 Å². The predicted octanol–water partition coefficient (Wildman–Crippen LogP) is -0.496. The Bertz CT molecular complexity index is 364. The summed E-state index contributed by atoms with van der Waals surface area (Å²) in [7, 11) is -3.87. The van der Waals surface area contributed by atoms with Gasteiger partial charge in [0, 0.05) is 23.3 Å². The number of rotatable bonds is 5. The fourth-order valence-electron chi connectivity index (χ4n) is 0.880. The molecule has 0 spiro atoms. The highest BCUT2D eigenvalue weighted by atomic mass is 32.2. The molecule has 1 aromatic heterocycles. The summed E-state index contributed by atoms with van der Waals surface area (Å²) in [6.45, 7) is 0.245. The maximum absolute atomic E-state index is 10.3. The minimum Gasteiger partial charge on any atom is -0.870 e. The molecule has 0 saturated carbocycles. The van der Waals surface area contributed by atoms with Gasteiger partial charge >= 0.3 is 0 Å². The summed E-state index contributed by atoms with van der Waals surface area (Å²) in [5.41, 5.74) is 0. The third-order valence-corrected chi connectivity index (χ3v) is 2.28. The molecule has 7 heteroatoms. The van der Waals surface area contributed by atoms with Crippen molar-refractivity contribution in [2.45, 2.75) is 6.42 Å². The van der Waals surface area contributed by atoms with E-state index >= 15 is 0 Å². The van der Waals surface area contributed by atoms with E-state index < -0.39 is 10.1 Å². The molecule has 1 aromatic rings. The second-order valence-electron chi connectivity index (χ2n) is 2.71. The molecule has 6 nitrogen and oxygen atoms in total. The number of aromatic nitrogens is 1. The molecule has 1 heterocycles. The van der Waals surface area contributed by atoms with E-state index in [1.165, 1.54) is 4.73 Å². The Kier molecular flexibility index (Phi) is 5.83. The second kappa shape index (κ2) is 6.33. The first-order chi connectivity index (χ1) is 6.58. The van der Waals surface area contributed by atoms with Crippen LogP contribution in [0.5, 0.6) is 0 Å². The van der Waals surface area contributed by atoms with Gasteiger partial charge in [0.05, 0.1) is 5.75 Å². The molecule has 0 aliphatic rings. The van der Waals surface area contributed by atoms with E-state index in [0.717, 1.165) is 0 Å². The lowest BCUT2D eigenvalue weighted by atomic mass is 10.5. The van der Waals surface area contributed by atoms with Gasteiger partial charge in [0.1, 0.15) is 0 Å². The first kappa shape index (κ1) is 13.8.